The van der Waals surface area contributed by atoms with Gasteiger partial charge in [0, 0.05) is 56.0 Å². The first kappa shape index (κ1) is 23.2. The van der Waals surface area contributed by atoms with Crippen LogP contribution in [-0.2, 0) is 0 Å². The highest BCUT2D eigenvalue weighted by molar-refractivity contribution is 6.32. The van der Waals surface area contributed by atoms with Gasteiger partial charge in [-0.15, -0.1) is 0 Å². The van der Waals surface area contributed by atoms with Gasteiger partial charge in [0.1, 0.15) is 11.0 Å². The van der Waals surface area contributed by atoms with Crippen LogP contribution in [0.25, 0.3) is 23.4 Å². The van der Waals surface area contributed by atoms with Crippen LogP contribution in [0.2, 0.25) is 5.15 Å². The van der Waals surface area contributed by atoms with Gasteiger partial charge in [0.05, 0.1) is 17.6 Å². The summed E-state index contributed by atoms with van der Waals surface area (Å²) >= 11 is 6.79. The number of nitrogens with zero attached hydrogens (tertiary/aromatic N) is 5. The maximum absolute atomic E-state index is 6.79. The molecule has 1 aliphatic heterocycles. The summed E-state index contributed by atoms with van der Waals surface area (Å²) in [5.74, 6) is 0.763. The van der Waals surface area contributed by atoms with Crippen molar-refractivity contribution in [1.29, 1.82) is 0 Å². The van der Waals surface area contributed by atoms with Gasteiger partial charge in [0.2, 0.25) is 0 Å². The summed E-state index contributed by atoms with van der Waals surface area (Å²) in [5.41, 5.74) is 6.71. The van der Waals surface area contributed by atoms with Crippen molar-refractivity contribution < 1.29 is 0 Å². The van der Waals surface area contributed by atoms with Gasteiger partial charge in [0.15, 0.2) is 5.65 Å². The van der Waals surface area contributed by atoms with E-state index in [2.05, 4.69) is 50.7 Å². The van der Waals surface area contributed by atoms with Crippen LogP contribution in [0.4, 0.5) is 17.2 Å². The van der Waals surface area contributed by atoms with Gasteiger partial charge in [-0.25, -0.2) is 9.97 Å². The lowest BCUT2D eigenvalue weighted by Crippen LogP contribution is -2.46. The lowest BCUT2D eigenvalue weighted by molar-refractivity contribution is 0.271. The molecule has 8 heteroatoms. The zero-order valence-electron chi connectivity index (χ0n) is 20.1. The maximum atomic E-state index is 6.79. The van der Waals surface area contributed by atoms with Crippen LogP contribution in [0.5, 0.6) is 0 Å². The Morgan fingerprint density at radius 1 is 1.20 bits per heavy atom. The van der Waals surface area contributed by atoms with E-state index in [0.29, 0.717) is 5.15 Å². The van der Waals surface area contributed by atoms with Gasteiger partial charge < -0.3 is 20.1 Å². The number of anilines is 3. The second-order valence-electron chi connectivity index (χ2n) is 8.71. The van der Waals surface area contributed by atoms with Crippen molar-refractivity contribution in [3.05, 3.63) is 77.6 Å². The maximum Gasteiger partial charge on any atom is 0.161 e. The second-order valence-corrected chi connectivity index (χ2v) is 9.07. The zero-order valence-corrected chi connectivity index (χ0v) is 20.9. The molecule has 0 atom stereocenters. The number of fused-ring (bicyclic) bond motifs is 1. The summed E-state index contributed by atoms with van der Waals surface area (Å²) < 4.78 is 1.89. The van der Waals surface area contributed by atoms with Crippen molar-refractivity contribution in [3.63, 3.8) is 0 Å². The molecule has 0 unspecified atom stereocenters. The molecule has 0 radical (unpaired) electrons. The van der Waals surface area contributed by atoms with E-state index in [9.17, 15) is 0 Å². The smallest absolute Gasteiger partial charge is 0.161 e. The van der Waals surface area contributed by atoms with Crippen molar-refractivity contribution in [2.24, 2.45) is 0 Å². The first-order valence-corrected chi connectivity index (χ1v) is 12.3. The fourth-order valence-corrected chi connectivity index (χ4v) is 4.87. The van der Waals surface area contributed by atoms with E-state index in [1.54, 1.807) is 6.20 Å². The predicted octanol–water partition coefficient (Wildman–Crippen LogP) is 5.80. The Kier molecular flexibility index (Phi) is 6.61. The van der Waals surface area contributed by atoms with Crippen LogP contribution < -0.4 is 10.2 Å². The van der Waals surface area contributed by atoms with Gasteiger partial charge in [-0.05, 0) is 54.9 Å². The Balaban J connectivity index is 1.42. The van der Waals surface area contributed by atoms with E-state index in [-0.39, 0.29) is 0 Å². The molecule has 35 heavy (non-hydrogen) atoms. The third kappa shape index (κ3) is 4.70. The summed E-state index contributed by atoms with van der Waals surface area (Å²) in [5, 5.41) is 4.06. The van der Waals surface area contributed by atoms with Gasteiger partial charge in [0.25, 0.3) is 0 Å². The van der Waals surface area contributed by atoms with Crippen molar-refractivity contribution in [3.8, 4) is 0 Å². The van der Waals surface area contributed by atoms with E-state index in [0.717, 1.165) is 78.0 Å². The minimum absolute atomic E-state index is 0.609. The summed E-state index contributed by atoms with van der Waals surface area (Å²) in [6.45, 7) is 13.5. The minimum atomic E-state index is 0.609. The van der Waals surface area contributed by atoms with Crippen molar-refractivity contribution in [1.82, 2.24) is 24.3 Å². The van der Waals surface area contributed by atoms with Crippen molar-refractivity contribution >= 4 is 52.2 Å². The van der Waals surface area contributed by atoms with E-state index < -0.39 is 0 Å². The van der Waals surface area contributed by atoms with Crippen LogP contribution in [0.15, 0.2) is 55.6 Å². The highest BCUT2D eigenvalue weighted by Crippen LogP contribution is 2.33. The van der Waals surface area contributed by atoms with E-state index >= 15 is 0 Å². The molecule has 7 nitrogen and oxygen atoms in total. The lowest BCUT2D eigenvalue weighted by Gasteiger charge is -2.35. The molecule has 0 spiro atoms. The van der Waals surface area contributed by atoms with Crippen LogP contribution in [0, 0.1) is 0 Å². The Morgan fingerprint density at radius 3 is 2.74 bits per heavy atom. The number of rotatable bonds is 7. The number of halogens is 1. The van der Waals surface area contributed by atoms with Crippen LogP contribution in [0.3, 0.4) is 0 Å². The first-order chi connectivity index (χ1) is 17.1. The molecule has 0 aliphatic carbocycles. The van der Waals surface area contributed by atoms with Crippen LogP contribution in [-0.4, -0.2) is 57.0 Å². The summed E-state index contributed by atoms with van der Waals surface area (Å²) in [4.78, 5) is 17.3. The molecule has 0 saturated carbocycles. The quantitative estimate of drug-likeness (QED) is 0.322. The molecule has 5 heterocycles. The highest BCUT2D eigenvalue weighted by Gasteiger charge is 2.17. The topological polar surface area (TPSA) is 64.5 Å². The SMILES string of the molecule is C=Cc1cc[nH]c1/C=C(\C)c1cc(Nc2ccc(N3CCN(CC)CC3)cn2)c2nccn2c1Cl. The van der Waals surface area contributed by atoms with Gasteiger partial charge in [-0.2, -0.15) is 0 Å². The molecule has 2 N–H and O–H groups in total. The van der Waals surface area contributed by atoms with E-state index in [1.807, 2.05) is 54.2 Å². The van der Waals surface area contributed by atoms with Gasteiger partial charge in [-0.3, -0.25) is 4.40 Å². The molecule has 1 fully saturated rings. The number of H-pyrrole nitrogens is 1. The van der Waals surface area contributed by atoms with Crippen LogP contribution in [0.1, 0.15) is 30.7 Å². The molecular weight excluding hydrogens is 458 g/mol. The average molecular weight is 488 g/mol. The van der Waals surface area contributed by atoms with Crippen molar-refractivity contribution in [2.75, 3.05) is 42.9 Å². The third-order valence-corrected chi connectivity index (χ3v) is 7.00. The summed E-state index contributed by atoms with van der Waals surface area (Å²) in [6, 6.07) is 8.18. The number of aromatic amines is 1. The van der Waals surface area contributed by atoms with Crippen LogP contribution >= 0.6 is 11.6 Å². The largest absolute Gasteiger partial charge is 0.368 e. The highest BCUT2D eigenvalue weighted by atomic mass is 35.5. The molecule has 0 aromatic carbocycles. The van der Waals surface area contributed by atoms with Gasteiger partial charge in [-0.1, -0.05) is 31.2 Å². The van der Waals surface area contributed by atoms with Crippen molar-refractivity contribution in [2.45, 2.75) is 13.8 Å². The Hall–Kier alpha value is -3.55. The third-order valence-electron chi connectivity index (χ3n) is 6.62. The van der Waals surface area contributed by atoms with E-state index in [1.165, 1.54) is 0 Å². The predicted molar refractivity (Wildman–Crippen MR) is 146 cm³/mol. The van der Waals surface area contributed by atoms with E-state index in [4.69, 9.17) is 16.6 Å². The number of piperazine rings is 1. The number of nitrogens with one attached hydrogen (secondary N) is 2. The summed E-state index contributed by atoms with van der Waals surface area (Å²) in [7, 11) is 0. The zero-order chi connectivity index (χ0) is 24.4. The number of likely N-dealkylation sites (N-methyl/N-ethyl adjacent to an activating group) is 1. The standard InChI is InChI=1S/C27H30ClN7/c1-4-20-8-9-29-23(20)16-19(3)22-17-24(27-30-10-11-35(27)26(22)28)32-25-7-6-21(18-31-25)34-14-12-33(5-2)13-15-34/h4,6-11,16-18,29H,1,5,12-15H2,2-3H3,(H,31,32)/b19-16+. The first-order valence-electron chi connectivity index (χ1n) is 11.9. The number of hydrogen-bond acceptors (Lipinski definition) is 5. The molecule has 4 aromatic heterocycles. The molecule has 0 amide bonds. The van der Waals surface area contributed by atoms with Gasteiger partial charge >= 0.3 is 0 Å². The number of allylic oxidation sites excluding steroid dienone is 1. The molecule has 180 valence electrons. The molecule has 5 rings (SSSR count). The fourth-order valence-electron chi connectivity index (χ4n) is 4.53. The Morgan fingerprint density at radius 2 is 2.03 bits per heavy atom. The fraction of sp³-hybridized carbons (Fsp3) is 0.259. The Labute approximate surface area is 210 Å². The molecule has 4 aromatic rings. The molecular formula is C27H30ClN7. The number of aromatic nitrogens is 4. The molecule has 1 aliphatic rings. The number of imidazole rings is 1. The minimum Gasteiger partial charge on any atom is -0.368 e. The monoisotopic (exact) mass is 487 g/mol. The normalized spacial score (nSPS) is 15.1. The number of hydrogen-bond donors (Lipinski definition) is 2. The molecule has 0 bridgehead atoms. The Bertz CT molecular complexity index is 1360. The molecule has 1 saturated heterocycles. The average Bonchev–Trinajstić information content (AvgIpc) is 3.56. The number of pyridine rings is 2. The summed E-state index contributed by atoms with van der Waals surface area (Å²) in [6.07, 6.45) is 11.4. The second kappa shape index (κ2) is 9.98. The lowest BCUT2D eigenvalue weighted by atomic mass is 10.1.